The van der Waals surface area contributed by atoms with Gasteiger partial charge in [0.2, 0.25) is 0 Å². The molecule has 17 heavy (non-hydrogen) atoms. The molecule has 2 aromatic carbocycles. The van der Waals surface area contributed by atoms with Gasteiger partial charge in [-0.25, -0.2) is 0 Å². The molecule has 2 rings (SSSR count). The third-order valence-corrected chi connectivity index (χ3v) is 3.14. The van der Waals surface area contributed by atoms with E-state index in [2.05, 4.69) is 37.3 Å². The van der Waals surface area contributed by atoms with Crippen molar-refractivity contribution in [3.63, 3.8) is 0 Å². The molecule has 1 nitrogen and oxygen atoms in total. The number of benzene rings is 2. The van der Waals surface area contributed by atoms with Crippen molar-refractivity contribution in [1.29, 1.82) is 0 Å². The molecule has 0 aliphatic heterocycles. The highest BCUT2D eigenvalue weighted by atomic mass is 35.5. The minimum absolute atomic E-state index is 0.684. The van der Waals surface area contributed by atoms with Gasteiger partial charge in [-0.3, -0.25) is 0 Å². The summed E-state index contributed by atoms with van der Waals surface area (Å²) in [6.07, 6.45) is 0.918. The van der Waals surface area contributed by atoms with Gasteiger partial charge in [0.05, 0.1) is 0 Å². The number of hydrogen-bond donors (Lipinski definition) is 1. The van der Waals surface area contributed by atoms with E-state index in [4.69, 9.17) is 17.3 Å². The van der Waals surface area contributed by atoms with Crippen molar-refractivity contribution >= 4 is 11.6 Å². The van der Waals surface area contributed by atoms with Crippen LogP contribution in [0.5, 0.6) is 0 Å². The van der Waals surface area contributed by atoms with Crippen molar-refractivity contribution in [2.24, 2.45) is 5.73 Å². The van der Waals surface area contributed by atoms with Gasteiger partial charge in [0.15, 0.2) is 0 Å². The Labute approximate surface area is 107 Å². The molecule has 0 atom stereocenters. The largest absolute Gasteiger partial charge is 0.330 e. The Morgan fingerprint density at radius 3 is 2.41 bits per heavy atom. The van der Waals surface area contributed by atoms with Crippen molar-refractivity contribution in [1.82, 2.24) is 0 Å². The van der Waals surface area contributed by atoms with Crippen LogP contribution in [0.15, 0.2) is 42.5 Å². The number of aryl methyl sites for hydroxylation is 1. The average molecular weight is 246 g/mol. The normalized spacial score (nSPS) is 10.5. The van der Waals surface area contributed by atoms with Crippen molar-refractivity contribution < 1.29 is 0 Å². The Kier molecular flexibility index (Phi) is 3.82. The molecule has 88 valence electrons. The summed E-state index contributed by atoms with van der Waals surface area (Å²) in [4.78, 5) is 0. The Bertz CT molecular complexity index is 503. The first-order valence-electron chi connectivity index (χ1n) is 5.76. The van der Waals surface area contributed by atoms with E-state index in [0.29, 0.717) is 6.54 Å². The number of nitrogens with two attached hydrogens (primary N) is 1. The first-order valence-corrected chi connectivity index (χ1v) is 6.14. The first-order chi connectivity index (χ1) is 8.20. The lowest BCUT2D eigenvalue weighted by atomic mass is 9.97. The molecule has 0 amide bonds. The molecule has 0 radical (unpaired) electrons. The van der Waals surface area contributed by atoms with E-state index in [0.717, 1.165) is 11.4 Å². The van der Waals surface area contributed by atoms with Crippen LogP contribution >= 0.6 is 11.6 Å². The second kappa shape index (κ2) is 5.35. The van der Waals surface area contributed by atoms with Crippen LogP contribution in [0.3, 0.4) is 0 Å². The molecule has 0 fully saturated rings. The smallest absolute Gasteiger partial charge is 0.0406 e. The minimum Gasteiger partial charge on any atom is -0.330 e. The minimum atomic E-state index is 0.684. The summed E-state index contributed by atoms with van der Waals surface area (Å²) in [5.41, 5.74) is 10.6. The van der Waals surface area contributed by atoms with E-state index >= 15 is 0 Å². The standard InChI is InChI=1S/C15H16ClN/c1-11-2-3-12(8-9-17)10-15(11)13-4-6-14(16)7-5-13/h2-7,10H,8-9,17H2,1H3. The fraction of sp³-hybridized carbons (Fsp3) is 0.200. The van der Waals surface area contributed by atoms with Crippen LogP contribution < -0.4 is 5.73 Å². The van der Waals surface area contributed by atoms with Crippen molar-refractivity contribution in [3.8, 4) is 11.1 Å². The zero-order chi connectivity index (χ0) is 12.3. The van der Waals surface area contributed by atoms with E-state index in [-0.39, 0.29) is 0 Å². The number of halogens is 1. The molecule has 0 spiro atoms. The van der Waals surface area contributed by atoms with E-state index in [1.54, 1.807) is 0 Å². The fourth-order valence-electron chi connectivity index (χ4n) is 1.93. The maximum Gasteiger partial charge on any atom is 0.0406 e. The SMILES string of the molecule is Cc1ccc(CCN)cc1-c1ccc(Cl)cc1. The van der Waals surface area contributed by atoms with E-state index in [1.165, 1.54) is 22.3 Å². The van der Waals surface area contributed by atoms with Gasteiger partial charge in [-0.05, 0) is 54.3 Å². The van der Waals surface area contributed by atoms with Gasteiger partial charge in [0, 0.05) is 5.02 Å². The molecule has 0 aliphatic rings. The molecule has 0 bridgehead atoms. The van der Waals surface area contributed by atoms with Gasteiger partial charge < -0.3 is 5.73 Å². The van der Waals surface area contributed by atoms with E-state index in [9.17, 15) is 0 Å². The zero-order valence-electron chi connectivity index (χ0n) is 9.91. The molecule has 0 aromatic heterocycles. The number of rotatable bonds is 3. The predicted molar refractivity (Wildman–Crippen MR) is 74.4 cm³/mol. The van der Waals surface area contributed by atoms with Gasteiger partial charge in [0.1, 0.15) is 0 Å². The Morgan fingerprint density at radius 1 is 1.06 bits per heavy atom. The quantitative estimate of drug-likeness (QED) is 0.874. The van der Waals surface area contributed by atoms with Gasteiger partial charge in [-0.15, -0.1) is 0 Å². The van der Waals surface area contributed by atoms with E-state index in [1.807, 2.05) is 12.1 Å². The topological polar surface area (TPSA) is 26.0 Å². The molecule has 2 heteroatoms. The summed E-state index contributed by atoms with van der Waals surface area (Å²) in [6, 6.07) is 14.5. The summed E-state index contributed by atoms with van der Waals surface area (Å²) < 4.78 is 0. The van der Waals surface area contributed by atoms with Gasteiger partial charge >= 0.3 is 0 Å². The van der Waals surface area contributed by atoms with Crippen LogP contribution in [0.2, 0.25) is 5.02 Å². The van der Waals surface area contributed by atoms with Gasteiger partial charge in [-0.1, -0.05) is 41.9 Å². The second-order valence-corrected chi connectivity index (χ2v) is 4.63. The Balaban J connectivity index is 2.42. The molecular formula is C15H16ClN. The van der Waals surface area contributed by atoms with Crippen LogP contribution in [0, 0.1) is 6.92 Å². The zero-order valence-corrected chi connectivity index (χ0v) is 10.7. The monoisotopic (exact) mass is 245 g/mol. The fourth-order valence-corrected chi connectivity index (χ4v) is 2.06. The predicted octanol–water partition coefficient (Wildman–Crippen LogP) is 3.82. The highest BCUT2D eigenvalue weighted by Gasteiger charge is 2.03. The molecular weight excluding hydrogens is 230 g/mol. The van der Waals surface area contributed by atoms with Crippen molar-refractivity contribution in [2.45, 2.75) is 13.3 Å². The average Bonchev–Trinajstić information content (AvgIpc) is 2.33. The van der Waals surface area contributed by atoms with Crippen LogP contribution in [0.4, 0.5) is 0 Å². The summed E-state index contributed by atoms with van der Waals surface area (Å²) in [5.74, 6) is 0. The Morgan fingerprint density at radius 2 is 1.76 bits per heavy atom. The van der Waals surface area contributed by atoms with Crippen LogP contribution in [-0.2, 0) is 6.42 Å². The molecule has 0 aliphatic carbocycles. The lowest BCUT2D eigenvalue weighted by Crippen LogP contribution is -2.02. The summed E-state index contributed by atoms with van der Waals surface area (Å²) in [6.45, 7) is 2.80. The highest BCUT2D eigenvalue weighted by molar-refractivity contribution is 6.30. The lowest BCUT2D eigenvalue weighted by Gasteiger charge is -2.09. The third-order valence-electron chi connectivity index (χ3n) is 2.89. The number of hydrogen-bond acceptors (Lipinski definition) is 1. The van der Waals surface area contributed by atoms with E-state index < -0.39 is 0 Å². The van der Waals surface area contributed by atoms with Gasteiger partial charge in [0.25, 0.3) is 0 Å². The van der Waals surface area contributed by atoms with Crippen LogP contribution in [-0.4, -0.2) is 6.54 Å². The third kappa shape index (κ3) is 2.87. The summed E-state index contributed by atoms with van der Waals surface area (Å²) in [5, 5.41) is 0.768. The molecule has 0 saturated carbocycles. The lowest BCUT2D eigenvalue weighted by molar-refractivity contribution is 0.968. The summed E-state index contributed by atoms with van der Waals surface area (Å²) in [7, 11) is 0. The molecule has 2 N–H and O–H groups in total. The Hall–Kier alpha value is -1.31. The van der Waals surface area contributed by atoms with Crippen molar-refractivity contribution in [2.75, 3.05) is 6.54 Å². The first kappa shape index (κ1) is 12.2. The van der Waals surface area contributed by atoms with Crippen molar-refractivity contribution in [3.05, 3.63) is 58.6 Å². The molecule has 2 aromatic rings. The maximum absolute atomic E-state index is 5.90. The molecule has 0 saturated heterocycles. The summed E-state index contributed by atoms with van der Waals surface area (Å²) >= 11 is 5.90. The second-order valence-electron chi connectivity index (χ2n) is 4.19. The van der Waals surface area contributed by atoms with Gasteiger partial charge in [-0.2, -0.15) is 0 Å². The van der Waals surface area contributed by atoms with Crippen LogP contribution in [0.1, 0.15) is 11.1 Å². The maximum atomic E-state index is 5.90. The van der Waals surface area contributed by atoms with Crippen LogP contribution in [0.25, 0.3) is 11.1 Å². The molecule has 0 unspecified atom stereocenters. The highest BCUT2D eigenvalue weighted by Crippen LogP contribution is 2.26. The molecule has 0 heterocycles.